The van der Waals surface area contributed by atoms with E-state index >= 15 is 0 Å². The number of carbonyl (C=O) groups is 1. The summed E-state index contributed by atoms with van der Waals surface area (Å²) in [6, 6.07) is 7.48. The fraction of sp³-hybridized carbons (Fsp3) is 0.353. The van der Waals surface area contributed by atoms with E-state index in [-0.39, 0.29) is 29.3 Å². The number of carbonyl (C=O) groups excluding carboxylic acids is 1. The van der Waals surface area contributed by atoms with Crippen molar-refractivity contribution in [3.05, 3.63) is 53.1 Å². The monoisotopic (exact) mass is 350 g/mol. The lowest BCUT2D eigenvalue weighted by Crippen LogP contribution is -2.35. The van der Waals surface area contributed by atoms with Crippen molar-refractivity contribution in [1.82, 2.24) is 9.88 Å². The summed E-state index contributed by atoms with van der Waals surface area (Å²) < 4.78 is 38.0. The highest BCUT2D eigenvalue weighted by Crippen LogP contribution is 2.22. The van der Waals surface area contributed by atoms with E-state index in [0.717, 1.165) is 17.1 Å². The first-order chi connectivity index (χ1) is 11.3. The number of hydrogen-bond donors (Lipinski definition) is 1. The molecule has 1 aliphatic heterocycles. The summed E-state index contributed by atoms with van der Waals surface area (Å²) in [7, 11) is -3.04. The molecule has 5 nitrogen and oxygen atoms in total. The van der Waals surface area contributed by atoms with Crippen LogP contribution in [0, 0.1) is 19.7 Å². The Kier molecular flexibility index (Phi) is 4.21. The van der Waals surface area contributed by atoms with Crippen LogP contribution < -0.4 is 5.32 Å². The second-order valence-electron chi connectivity index (χ2n) is 6.17. The molecule has 2 heterocycles. The van der Waals surface area contributed by atoms with Gasteiger partial charge in [-0.05, 0) is 50.6 Å². The number of halogens is 1. The number of nitrogens with one attached hydrogen (secondary N) is 1. The molecule has 128 valence electrons. The first-order valence-electron chi connectivity index (χ1n) is 7.73. The van der Waals surface area contributed by atoms with Gasteiger partial charge in [-0.1, -0.05) is 0 Å². The van der Waals surface area contributed by atoms with Crippen molar-refractivity contribution in [1.29, 1.82) is 0 Å². The van der Waals surface area contributed by atoms with Crippen molar-refractivity contribution in [2.24, 2.45) is 0 Å². The maximum absolute atomic E-state index is 13.1. The highest BCUT2D eigenvalue weighted by Gasteiger charge is 2.30. The van der Waals surface area contributed by atoms with E-state index in [1.54, 1.807) is 18.2 Å². The molecule has 2 aromatic rings. The largest absolute Gasteiger partial charge is 0.348 e. The molecule has 1 amide bonds. The Morgan fingerprint density at radius 1 is 1.25 bits per heavy atom. The number of nitrogens with zero attached hydrogens (tertiary/aromatic N) is 1. The topological polar surface area (TPSA) is 68.2 Å². The Labute approximate surface area is 140 Å². The molecule has 1 aromatic carbocycles. The lowest BCUT2D eigenvalue weighted by atomic mass is 10.2. The van der Waals surface area contributed by atoms with Gasteiger partial charge < -0.3 is 9.88 Å². The molecule has 1 aromatic heterocycles. The standard InChI is InChI=1S/C17H19FN2O3S/c1-11-9-16(17(21)19-14-7-8-24(22,23)10-14)12(2)20(11)15-5-3-13(18)4-6-15/h3-6,9,14H,7-8,10H2,1-2H3,(H,19,21). The molecule has 0 radical (unpaired) electrons. The normalized spacial score (nSPS) is 19.4. The van der Waals surface area contributed by atoms with Crippen molar-refractivity contribution >= 4 is 15.7 Å². The second kappa shape index (κ2) is 6.05. The highest BCUT2D eigenvalue weighted by molar-refractivity contribution is 7.91. The average molecular weight is 350 g/mol. The molecule has 1 saturated heterocycles. The number of sulfone groups is 1. The molecule has 3 rings (SSSR count). The Bertz CT molecular complexity index is 885. The summed E-state index contributed by atoms with van der Waals surface area (Å²) in [6.07, 6.45) is 0.449. The number of benzene rings is 1. The highest BCUT2D eigenvalue weighted by atomic mass is 32.2. The summed E-state index contributed by atoms with van der Waals surface area (Å²) in [5, 5.41) is 2.80. The molecule has 1 aliphatic rings. The quantitative estimate of drug-likeness (QED) is 0.922. The predicted molar refractivity (Wildman–Crippen MR) is 89.7 cm³/mol. The van der Waals surface area contributed by atoms with Gasteiger partial charge in [0.25, 0.3) is 5.91 Å². The van der Waals surface area contributed by atoms with Crippen LogP contribution in [0.2, 0.25) is 0 Å². The van der Waals surface area contributed by atoms with Crippen LogP contribution in [-0.2, 0) is 9.84 Å². The van der Waals surface area contributed by atoms with Gasteiger partial charge in [0.15, 0.2) is 9.84 Å². The van der Waals surface area contributed by atoms with Gasteiger partial charge in [0, 0.05) is 23.1 Å². The van der Waals surface area contributed by atoms with Crippen LogP contribution in [0.4, 0.5) is 4.39 Å². The van der Waals surface area contributed by atoms with E-state index in [1.165, 1.54) is 12.1 Å². The van der Waals surface area contributed by atoms with E-state index in [0.29, 0.717) is 12.0 Å². The van der Waals surface area contributed by atoms with E-state index in [4.69, 9.17) is 0 Å². The predicted octanol–water partition coefficient (Wildman–Crippen LogP) is 2.15. The summed E-state index contributed by atoms with van der Waals surface area (Å²) in [5.41, 5.74) is 2.86. The molecule has 24 heavy (non-hydrogen) atoms. The van der Waals surface area contributed by atoms with E-state index in [1.807, 2.05) is 18.4 Å². The minimum Gasteiger partial charge on any atom is -0.348 e. The van der Waals surface area contributed by atoms with Crippen LogP contribution in [0.25, 0.3) is 5.69 Å². The van der Waals surface area contributed by atoms with Crippen LogP contribution >= 0.6 is 0 Å². The minimum atomic E-state index is -3.04. The van der Waals surface area contributed by atoms with E-state index < -0.39 is 9.84 Å². The van der Waals surface area contributed by atoms with Gasteiger partial charge >= 0.3 is 0 Å². The van der Waals surface area contributed by atoms with Crippen molar-refractivity contribution in [3.8, 4) is 5.69 Å². The van der Waals surface area contributed by atoms with Crippen molar-refractivity contribution < 1.29 is 17.6 Å². The van der Waals surface area contributed by atoms with Gasteiger partial charge in [-0.25, -0.2) is 12.8 Å². The first kappa shape index (κ1) is 16.7. The maximum atomic E-state index is 13.1. The zero-order chi connectivity index (χ0) is 17.5. The SMILES string of the molecule is Cc1cc(C(=O)NC2CCS(=O)(=O)C2)c(C)n1-c1ccc(F)cc1. The fourth-order valence-corrected chi connectivity index (χ4v) is 4.83. The Hall–Kier alpha value is -2.15. The molecule has 7 heteroatoms. The van der Waals surface area contributed by atoms with E-state index in [9.17, 15) is 17.6 Å². The maximum Gasteiger partial charge on any atom is 0.253 e. The van der Waals surface area contributed by atoms with Gasteiger partial charge in [-0.3, -0.25) is 4.79 Å². The minimum absolute atomic E-state index is 0.00452. The zero-order valence-corrected chi connectivity index (χ0v) is 14.4. The lowest BCUT2D eigenvalue weighted by molar-refractivity contribution is 0.0940. The van der Waals surface area contributed by atoms with Gasteiger partial charge in [-0.2, -0.15) is 0 Å². The number of aryl methyl sites for hydroxylation is 1. The molecule has 0 aliphatic carbocycles. The summed E-state index contributed by atoms with van der Waals surface area (Å²) in [4.78, 5) is 12.5. The smallest absolute Gasteiger partial charge is 0.253 e. The van der Waals surface area contributed by atoms with E-state index in [2.05, 4.69) is 5.32 Å². The molecule has 1 unspecified atom stereocenters. The lowest BCUT2D eigenvalue weighted by Gasteiger charge is -2.12. The number of rotatable bonds is 3. The summed E-state index contributed by atoms with van der Waals surface area (Å²) in [5.74, 6) is -0.484. The Morgan fingerprint density at radius 3 is 2.50 bits per heavy atom. The third-order valence-electron chi connectivity index (χ3n) is 4.33. The molecule has 1 atom stereocenters. The number of hydrogen-bond acceptors (Lipinski definition) is 3. The first-order valence-corrected chi connectivity index (χ1v) is 9.55. The Balaban J connectivity index is 1.86. The number of amides is 1. The number of aromatic nitrogens is 1. The molecule has 1 fully saturated rings. The third-order valence-corrected chi connectivity index (χ3v) is 6.10. The summed E-state index contributed by atoms with van der Waals surface area (Å²) >= 11 is 0. The van der Waals surface area contributed by atoms with Crippen molar-refractivity contribution in [2.75, 3.05) is 11.5 Å². The van der Waals surface area contributed by atoms with Gasteiger partial charge in [0.2, 0.25) is 0 Å². The molecular formula is C17H19FN2O3S. The zero-order valence-electron chi connectivity index (χ0n) is 13.5. The van der Waals surface area contributed by atoms with Gasteiger partial charge in [0.1, 0.15) is 5.82 Å². The second-order valence-corrected chi connectivity index (χ2v) is 8.40. The molecule has 0 bridgehead atoms. The van der Waals surface area contributed by atoms with Crippen LogP contribution in [0.3, 0.4) is 0 Å². The fourth-order valence-electron chi connectivity index (χ4n) is 3.15. The summed E-state index contributed by atoms with van der Waals surface area (Å²) in [6.45, 7) is 3.68. The van der Waals surface area contributed by atoms with Crippen molar-refractivity contribution in [3.63, 3.8) is 0 Å². The Morgan fingerprint density at radius 2 is 1.92 bits per heavy atom. The molecular weight excluding hydrogens is 331 g/mol. The van der Waals surface area contributed by atoms with Crippen LogP contribution in [-0.4, -0.2) is 36.4 Å². The average Bonchev–Trinajstić information content (AvgIpc) is 2.99. The van der Waals surface area contributed by atoms with Gasteiger partial charge in [-0.15, -0.1) is 0 Å². The molecule has 0 saturated carbocycles. The third kappa shape index (κ3) is 3.21. The van der Waals surface area contributed by atoms with Crippen molar-refractivity contribution in [2.45, 2.75) is 26.3 Å². The molecule has 1 N–H and O–H groups in total. The van der Waals surface area contributed by atoms with Crippen LogP contribution in [0.5, 0.6) is 0 Å². The molecule has 0 spiro atoms. The van der Waals surface area contributed by atoms with Crippen LogP contribution in [0.15, 0.2) is 30.3 Å². The van der Waals surface area contributed by atoms with Crippen LogP contribution in [0.1, 0.15) is 28.2 Å². The van der Waals surface area contributed by atoms with Gasteiger partial charge in [0.05, 0.1) is 17.1 Å².